The predicted molar refractivity (Wildman–Crippen MR) is 62.0 cm³/mol. The van der Waals surface area contributed by atoms with Gasteiger partial charge in [-0.3, -0.25) is 0 Å². The zero-order chi connectivity index (χ0) is 13.3. The Bertz CT molecular complexity index is 427. The molecule has 1 saturated heterocycles. The molecule has 0 spiro atoms. The number of hydrogen-bond donors (Lipinski definition) is 0. The summed E-state index contributed by atoms with van der Waals surface area (Å²) >= 11 is 5.18. The topological polar surface area (TPSA) is 3.24 Å². The summed E-state index contributed by atoms with van der Waals surface area (Å²) in [6.45, 7) is 0.767. The Hall–Kier alpha value is -0.970. The van der Waals surface area contributed by atoms with E-state index in [1.54, 1.807) is 0 Å². The number of anilines is 1. The average molecular weight is 282 g/mol. The molecule has 0 bridgehead atoms. The highest BCUT2D eigenvalue weighted by Gasteiger charge is 2.28. The molecule has 18 heavy (non-hydrogen) atoms. The van der Waals surface area contributed by atoms with Crippen molar-refractivity contribution in [3.63, 3.8) is 0 Å². The highest BCUT2D eigenvalue weighted by molar-refractivity contribution is 6.31. The minimum Gasteiger partial charge on any atom is -0.367 e. The van der Waals surface area contributed by atoms with E-state index in [9.17, 15) is 17.6 Å². The van der Waals surface area contributed by atoms with E-state index in [2.05, 4.69) is 0 Å². The van der Waals surface area contributed by atoms with Crippen LogP contribution < -0.4 is 4.90 Å². The van der Waals surface area contributed by atoms with Crippen LogP contribution in [0.25, 0.3) is 0 Å². The van der Waals surface area contributed by atoms with Gasteiger partial charge < -0.3 is 4.90 Å². The molecule has 0 atom stereocenters. The van der Waals surface area contributed by atoms with E-state index in [-0.39, 0.29) is 0 Å². The lowest BCUT2D eigenvalue weighted by Crippen LogP contribution is -2.27. The van der Waals surface area contributed by atoms with E-state index in [4.69, 9.17) is 11.6 Å². The van der Waals surface area contributed by atoms with Crippen molar-refractivity contribution in [3.05, 3.63) is 28.3 Å². The van der Waals surface area contributed by atoms with Crippen molar-refractivity contribution in [2.75, 3.05) is 18.0 Å². The molecule has 1 nitrogen and oxygen atoms in total. The third-order valence-corrected chi connectivity index (χ3v) is 3.44. The fraction of sp³-hybridized carbons (Fsp3) is 0.500. The molecule has 0 amide bonds. The maximum atomic E-state index is 13.7. The monoisotopic (exact) mass is 281 g/mol. The van der Waals surface area contributed by atoms with Gasteiger partial charge in [0.05, 0.1) is 0 Å². The molecule has 1 aliphatic rings. The van der Waals surface area contributed by atoms with Gasteiger partial charge in [0, 0.05) is 13.1 Å². The van der Waals surface area contributed by atoms with Crippen LogP contribution >= 0.6 is 11.6 Å². The van der Waals surface area contributed by atoms with Crippen molar-refractivity contribution in [3.8, 4) is 0 Å². The van der Waals surface area contributed by atoms with Crippen LogP contribution in [0.5, 0.6) is 0 Å². The molecular weight excluding hydrogens is 270 g/mol. The molecule has 0 radical (unpaired) electrons. The molecule has 1 aromatic carbocycles. The van der Waals surface area contributed by atoms with Gasteiger partial charge in [-0.05, 0) is 12.8 Å². The first-order valence-corrected chi connectivity index (χ1v) is 6.18. The second-order valence-electron chi connectivity index (χ2n) is 4.32. The fourth-order valence-electron chi connectivity index (χ4n) is 2.17. The summed E-state index contributed by atoms with van der Waals surface area (Å²) in [6, 6.07) is 0. The second-order valence-corrected chi connectivity index (χ2v) is 4.70. The summed E-state index contributed by atoms with van der Waals surface area (Å²) in [5.41, 5.74) is -0.642. The van der Waals surface area contributed by atoms with E-state index in [0.717, 1.165) is 25.7 Å². The van der Waals surface area contributed by atoms with Gasteiger partial charge in [-0.2, -0.15) is 0 Å². The molecule has 1 fully saturated rings. The normalized spacial score (nSPS) is 16.8. The Kier molecular flexibility index (Phi) is 4.00. The van der Waals surface area contributed by atoms with Gasteiger partial charge in [-0.15, -0.1) is 0 Å². The lowest BCUT2D eigenvalue weighted by atomic mass is 10.2. The van der Waals surface area contributed by atoms with E-state index in [0.29, 0.717) is 13.1 Å². The van der Waals surface area contributed by atoms with Crippen molar-refractivity contribution in [1.82, 2.24) is 0 Å². The third-order valence-electron chi connectivity index (χ3n) is 3.11. The Morgan fingerprint density at radius 3 is 1.61 bits per heavy atom. The van der Waals surface area contributed by atoms with Crippen LogP contribution in [0.15, 0.2) is 0 Å². The van der Waals surface area contributed by atoms with Crippen LogP contribution in [0.1, 0.15) is 25.7 Å². The van der Waals surface area contributed by atoms with Crippen LogP contribution in [0.3, 0.4) is 0 Å². The maximum Gasteiger partial charge on any atom is 0.186 e. The molecule has 1 aliphatic heterocycles. The first kappa shape index (κ1) is 13.5. The van der Waals surface area contributed by atoms with Crippen molar-refractivity contribution in [2.24, 2.45) is 0 Å². The van der Waals surface area contributed by atoms with Gasteiger partial charge in [-0.1, -0.05) is 24.4 Å². The molecule has 1 aromatic rings. The average Bonchev–Trinajstić information content (AvgIpc) is 2.63. The standard InChI is InChI=1S/C12H12ClF4N/c13-7-8(14)10(16)12(11(17)9(7)15)18-5-3-1-2-4-6-18/h1-6H2. The second kappa shape index (κ2) is 5.34. The Morgan fingerprint density at radius 2 is 1.17 bits per heavy atom. The van der Waals surface area contributed by atoms with Crippen LogP contribution in [0, 0.1) is 23.3 Å². The summed E-state index contributed by atoms with van der Waals surface area (Å²) in [5.74, 6) is -5.90. The molecule has 2 rings (SSSR count). The van der Waals surface area contributed by atoms with E-state index >= 15 is 0 Å². The molecule has 6 heteroatoms. The first-order chi connectivity index (χ1) is 8.54. The Morgan fingerprint density at radius 1 is 0.722 bits per heavy atom. The van der Waals surface area contributed by atoms with Crippen LogP contribution in [0.4, 0.5) is 23.2 Å². The van der Waals surface area contributed by atoms with Gasteiger partial charge in [0.25, 0.3) is 0 Å². The van der Waals surface area contributed by atoms with E-state index in [1.807, 2.05) is 0 Å². The summed E-state index contributed by atoms with van der Waals surface area (Å²) < 4.78 is 54.1. The molecule has 100 valence electrons. The highest BCUT2D eigenvalue weighted by Crippen LogP contribution is 2.34. The Labute approximate surface area is 107 Å². The number of rotatable bonds is 1. The van der Waals surface area contributed by atoms with Crippen molar-refractivity contribution in [1.29, 1.82) is 0 Å². The molecule has 0 aliphatic carbocycles. The molecule has 0 unspecified atom stereocenters. The number of hydrogen-bond acceptors (Lipinski definition) is 1. The number of halogens is 5. The molecule has 0 aromatic heterocycles. The van der Waals surface area contributed by atoms with Gasteiger partial charge in [-0.25, -0.2) is 17.6 Å². The van der Waals surface area contributed by atoms with Gasteiger partial charge in [0.1, 0.15) is 10.7 Å². The van der Waals surface area contributed by atoms with Gasteiger partial charge in [0.15, 0.2) is 23.3 Å². The van der Waals surface area contributed by atoms with Crippen LogP contribution in [0.2, 0.25) is 5.02 Å². The Balaban J connectivity index is 2.49. The summed E-state index contributed by atoms with van der Waals surface area (Å²) in [4.78, 5) is 1.35. The summed E-state index contributed by atoms with van der Waals surface area (Å²) in [7, 11) is 0. The predicted octanol–water partition coefficient (Wildman–Crippen LogP) is 4.28. The van der Waals surface area contributed by atoms with Crippen molar-refractivity contribution < 1.29 is 17.6 Å². The quantitative estimate of drug-likeness (QED) is 0.422. The fourth-order valence-corrected chi connectivity index (χ4v) is 2.33. The summed E-state index contributed by atoms with van der Waals surface area (Å²) in [5, 5.41) is -1.14. The van der Waals surface area contributed by atoms with Crippen molar-refractivity contribution in [2.45, 2.75) is 25.7 Å². The lowest BCUT2D eigenvalue weighted by molar-refractivity contribution is 0.452. The minimum atomic E-state index is -1.53. The molecular formula is C12H12ClF4N. The maximum absolute atomic E-state index is 13.7. The lowest BCUT2D eigenvalue weighted by Gasteiger charge is -2.24. The molecule has 1 heterocycles. The highest BCUT2D eigenvalue weighted by atomic mass is 35.5. The zero-order valence-corrected chi connectivity index (χ0v) is 10.3. The minimum absolute atomic E-state index is 0.383. The molecule has 0 N–H and O–H groups in total. The molecule has 0 saturated carbocycles. The number of benzene rings is 1. The van der Waals surface area contributed by atoms with Crippen LogP contribution in [-0.4, -0.2) is 13.1 Å². The SMILES string of the molecule is Fc1c(F)c(N2CCCCCC2)c(F)c(F)c1Cl. The zero-order valence-electron chi connectivity index (χ0n) is 9.58. The first-order valence-electron chi connectivity index (χ1n) is 5.80. The van der Waals surface area contributed by atoms with E-state index < -0.39 is 34.0 Å². The number of nitrogens with zero attached hydrogens (tertiary/aromatic N) is 1. The van der Waals surface area contributed by atoms with Gasteiger partial charge in [0.2, 0.25) is 0 Å². The summed E-state index contributed by atoms with van der Waals surface area (Å²) in [6.07, 6.45) is 3.37. The van der Waals surface area contributed by atoms with E-state index in [1.165, 1.54) is 4.90 Å². The third kappa shape index (κ3) is 2.28. The van der Waals surface area contributed by atoms with Crippen LogP contribution in [-0.2, 0) is 0 Å². The smallest absolute Gasteiger partial charge is 0.186 e. The van der Waals surface area contributed by atoms with Crippen molar-refractivity contribution >= 4 is 17.3 Å². The van der Waals surface area contributed by atoms with Gasteiger partial charge >= 0.3 is 0 Å². The largest absolute Gasteiger partial charge is 0.367 e.